The highest BCUT2D eigenvalue weighted by Crippen LogP contribution is 2.07. The second kappa shape index (κ2) is 5.24. The van der Waals surface area contributed by atoms with Gasteiger partial charge >= 0.3 is 0 Å². The van der Waals surface area contributed by atoms with Crippen molar-refractivity contribution < 1.29 is 5.11 Å². The molecule has 0 aromatic carbocycles. The fourth-order valence-electron chi connectivity index (χ4n) is 0.668. The average Bonchev–Trinajstić information content (AvgIpc) is 1.85. The van der Waals surface area contributed by atoms with Crippen LogP contribution in [0.15, 0.2) is 23.8 Å². The largest absolute Gasteiger partial charge is 0.392 e. The van der Waals surface area contributed by atoms with Crippen LogP contribution in [-0.2, 0) is 0 Å². The van der Waals surface area contributed by atoms with Gasteiger partial charge < -0.3 is 5.11 Å². The topological polar surface area (TPSA) is 20.2 Å². The van der Waals surface area contributed by atoms with Gasteiger partial charge in [-0.3, -0.25) is 0 Å². The maximum atomic E-state index is 8.50. The fourth-order valence-corrected chi connectivity index (χ4v) is 0.668. The predicted molar refractivity (Wildman–Crippen MR) is 44.9 cm³/mol. The summed E-state index contributed by atoms with van der Waals surface area (Å²) in [6.07, 6.45) is 3.89. The van der Waals surface area contributed by atoms with Crippen LogP contribution in [0.1, 0.15) is 26.7 Å². The van der Waals surface area contributed by atoms with Crippen molar-refractivity contribution in [3.63, 3.8) is 0 Å². The van der Waals surface area contributed by atoms with Crippen LogP contribution in [0, 0.1) is 0 Å². The average molecular weight is 140 g/mol. The van der Waals surface area contributed by atoms with E-state index < -0.39 is 0 Å². The molecule has 0 saturated carbocycles. The monoisotopic (exact) mass is 140 g/mol. The molecule has 0 aliphatic carbocycles. The molecular formula is C9H16O. The number of hydrogen-bond acceptors (Lipinski definition) is 1. The Morgan fingerprint density at radius 3 is 2.40 bits per heavy atom. The summed E-state index contributed by atoms with van der Waals surface area (Å²) in [4.78, 5) is 0. The highest BCUT2D eigenvalue weighted by molar-refractivity contribution is 5.01. The van der Waals surface area contributed by atoms with Gasteiger partial charge in [0.1, 0.15) is 0 Å². The molecule has 0 saturated heterocycles. The molecule has 10 heavy (non-hydrogen) atoms. The van der Waals surface area contributed by atoms with Gasteiger partial charge in [-0.2, -0.15) is 0 Å². The Balaban J connectivity index is 3.48. The maximum Gasteiger partial charge on any atom is 0.0614 e. The summed E-state index contributed by atoms with van der Waals surface area (Å²) >= 11 is 0. The second-order valence-corrected chi connectivity index (χ2v) is 2.69. The van der Waals surface area contributed by atoms with Crippen LogP contribution in [0.5, 0.6) is 0 Å². The normalized spacial score (nSPS) is 11.7. The molecule has 0 aromatic heterocycles. The molecule has 0 aromatic rings. The van der Waals surface area contributed by atoms with Crippen LogP contribution in [0.25, 0.3) is 0 Å². The summed E-state index contributed by atoms with van der Waals surface area (Å²) in [6, 6.07) is 0. The Morgan fingerprint density at radius 2 is 2.00 bits per heavy atom. The van der Waals surface area contributed by atoms with Crippen molar-refractivity contribution in [2.24, 2.45) is 0 Å². The van der Waals surface area contributed by atoms with E-state index in [1.165, 1.54) is 11.1 Å². The van der Waals surface area contributed by atoms with Crippen LogP contribution in [-0.4, -0.2) is 11.7 Å². The highest BCUT2D eigenvalue weighted by Gasteiger charge is 1.89. The van der Waals surface area contributed by atoms with Gasteiger partial charge in [-0.25, -0.2) is 0 Å². The maximum absolute atomic E-state index is 8.50. The molecule has 0 unspecified atom stereocenters. The van der Waals surface area contributed by atoms with Crippen LogP contribution < -0.4 is 0 Å². The Hall–Kier alpha value is -0.560. The van der Waals surface area contributed by atoms with Crippen molar-refractivity contribution >= 4 is 0 Å². The minimum absolute atomic E-state index is 0.155. The Labute approximate surface area is 63.1 Å². The lowest BCUT2D eigenvalue weighted by Gasteiger charge is -1.98. The molecule has 0 aliphatic heterocycles. The van der Waals surface area contributed by atoms with Gasteiger partial charge in [-0.15, -0.1) is 6.58 Å². The lowest BCUT2D eigenvalue weighted by atomic mass is 10.1. The van der Waals surface area contributed by atoms with E-state index in [4.69, 9.17) is 5.11 Å². The molecule has 0 heterocycles. The number of aliphatic hydroxyl groups is 1. The first-order valence-electron chi connectivity index (χ1n) is 3.57. The fraction of sp³-hybridized carbons (Fsp3) is 0.556. The molecule has 0 atom stereocenters. The van der Waals surface area contributed by atoms with Gasteiger partial charge in [0.2, 0.25) is 0 Å². The summed E-state index contributed by atoms with van der Waals surface area (Å²) in [5.41, 5.74) is 2.44. The van der Waals surface area contributed by atoms with Gasteiger partial charge in [-0.05, 0) is 26.7 Å². The van der Waals surface area contributed by atoms with E-state index in [0.29, 0.717) is 0 Å². The van der Waals surface area contributed by atoms with Gasteiger partial charge in [0.05, 0.1) is 6.61 Å². The van der Waals surface area contributed by atoms with Crippen molar-refractivity contribution in [2.75, 3.05) is 6.61 Å². The standard InChI is InChI=1S/C9H16O/c1-8(2)4-5-9(3)6-7-10/h6,10H,1,4-5,7H2,2-3H3/b9-6+. The number of aliphatic hydroxyl groups excluding tert-OH is 1. The summed E-state index contributed by atoms with van der Waals surface area (Å²) < 4.78 is 0. The van der Waals surface area contributed by atoms with Crippen molar-refractivity contribution in [3.05, 3.63) is 23.8 Å². The molecule has 0 spiro atoms. The minimum atomic E-state index is 0.155. The molecule has 0 amide bonds. The van der Waals surface area contributed by atoms with Crippen LogP contribution in [0.3, 0.4) is 0 Å². The van der Waals surface area contributed by atoms with Crippen LogP contribution >= 0.6 is 0 Å². The highest BCUT2D eigenvalue weighted by atomic mass is 16.2. The van der Waals surface area contributed by atoms with Crippen molar-refractivity contribution in [1.82, 2.24) is 0 Å². The molecule has 1 heteroatoms. The molecule has 0 fully saturated rings. The first-order chi connectivity index (χ1) is 4.66. The van der Waals surface area contributed by atoms with E-state index in [1.807, 2.05) is 19.9 Å². The van der Waals surface area contributed by atoms with Crippen LogP contribution in [0.4, 0.5) is 0 Å². The van der Waals surface area contributed by atoms with E-state index in [2.05, 4.69) is 6.58 Å². The molecule has 1 nitrogen and oxygen atoms in total. The third-order valence-corrected chi connectivity index (χ3v) is 1.39. The summed E-state index contributed by atoms with van der Waals surface area (Å²) in [6.45, 7) is 8.00. The molecule has 0 bridgehead atoms. The summed E-state index contributed by atoms with van der Waals surface area (Å²) in [7, 11) is 0. The first-order valence-corrected chi connectivity index (χ1v) is 3.57. The van der Waals surface area contributed by atoms with Crippen LogP contribution in [0.2, 0.25) is 0 Å². The van der Waals surface area contributed by atoms with Crippen molar-refractivity contribution in [3.8, 4) is 0 Å². The number of rotatable bonds is 4. The SMILES string of the molecule is C=C(C)CC/C(C)=C/CO. The zero-order valence-corrected chi connectivity index (χ0v) is 6.85. The zero-order chi connectivity index (χ0) is 7.98. The molecule has 0 rings (SSSR count). The van der Waals surface area contributed by atoms with Crippen molar-refractivity contribution in [2.45, 2.75) is 26.7 Å². The molecule has 58 valence electrons. The zero-order valence-electron chi connectivity index (χ0n) is 6.85. The van der Waals surface area contributed by atoms with E-state index in [9.17, 15) is 0 Å². The van der Waals surface area contributed by atoms with Gasteiger partial charge in [-0.1, -0.05) is 17.2 Å². The van der Waals surface area contributed by atoms with E-state index >= 15 is 0 Å². The second-order valence-electron chi connectivity index (χ2n) is 2.69. The number of hydrogen-bond donors (Lipinski definition) is 1. The van der Waals surface area contributed by atoms with Gasteiger partial charge in [0.25, 0.3) is 0 Å². The van der Waals surface area contributed by atoms with Crippen molar-refractivity contribution in [1.29, 1.82) is 0 Å². The summed E-state index contributed by atoms with van der Waals surface area (Å²) in [5, 5.41) is 8.50. The molecular weight excluding hydrogens is 124 g/mol. The lowest BCUT2D eigenvalue weighted by Crippen LogP contribution is -1.82. The third-order valence-electron chi connectivity index (χ3n) is 1.39. The van der Waals surface area contributed by atoms with Gasteiger partial charge in [0, 0.05) is 0 Å². The predicted octanol–water partition coefficient (Wildman–Crippen LogP) is 2.28. The quantitative estimate of drug-likeness (QED) is 0.594. The Kier molecular flexibility index (Phi) is 4.95. The Morgan fingerprint density at radius 1 is 1.40 bits per heavy atom. The minimum Gasteiger partial charge on any atom is -0.392 e. The molecule has 0 aliphatic rings. The lowest BCUT2D eigenvalue weighted by molar-refractivity contribution is 0.341. The number of allylic oxidation sites excluding steroid dienone is 2. The third kappa shape index (κ3) is 5.57. The van der Waals surface area contributed by atoms with Gasteiger partial charge in [0.15, 0.2) is 0 Å². The van der Waals surface area contributed by atoms with E-state index in [1.54, 1.807) is 0 Å². The first kappa shape index (κ1) is 9.44. The molecule has 0 radical (unpaired) electrons. The van der Waals surface area contributed by atoms with E-state index in [0.717, 1.165) is 12.8 Å². The summed E-state index contributed by atoms with van der Waals surface area (Å²) in [5.74, 6) is 0. The molecule has 1 N–H and O–H groups in total. The smallest absolute Gasteiger partial charge is 0.0614 e. The Bertz CT molecular complexity index is 134. The van der Waals surface area contributed by atoms with E-state index in [-0.39, 0.29) is 6.61 Å².